The van der Waals surface area contributed by atoms with E-state index in [1.54, 1.807) is 36.4 Å². The summed E-state index contributed by atoms with van der Waals surface area (Å²) in [5, 5.41) is 15.2. The molecule has 0 aromatic heterocycles. The molecule has 28 heavy (non-hydrogen) atoms. The molecule has 1 unspecified atom stereocenters. The molecule has 1 aliphatic rings. The summed E-state index contributed by atoms with van der Waals surface area (Å²) in [4.78, 5) is 24.4. The lowest BCUT2D eigenvalue weighted by Crippen LogP contribution is -2.55. The maximum atomic E-state index is 12.6. The molecule has 1 fully saturated rings. The van der Waals surface area contributed by atoms with Crippen molar-refractivity contribution in [3.05, 3.63) is 58.6 Å². The summed E-state index contributed by atoms with van der Waals surface area (Å²) in [5.41, 5.74) is 0.393. The van der Waals surface area contributed by atoms with E-state index in [0.717, 1.165) is 0 Å². The van der Waals surface area contributed by atoms with Gasteiger partial charge in [-0.2, -0.15) is 5.26 Å². The molecular weight excluding hydrogens is 378 g/mol. The van der Waals surface area contributed by atoms with E-state index in [9.17, 15) is 9.59 Å². The number of nitrogens with one attached hydrogen (secondary N) is 2. The highest BCUT2D eigenvalue weighted by Crippen LogP contribution is 2.32. The molecule has 1 aliphatic heterocycles. The van der Waals surface area contributed by atoms with Crippen LogP contribution in [0, 0.1) is 11.3 Å². The molecule has 2 aromatic rings. The summed E-state index contributed by atoms with van der Waals surface area (Å²) in [6.45, 7) is 3.84. The third-order valence-corrected chi connectivity index (χ3v) is 4.72. The zero-order chi connectivity index (χ0) is 20.3. The number of ether oxygens (including phenoxy) is 1. The Balaban J connectivity index is 1.72. The number of para-hydroxylation sites is 1. The average molecular weight is 398 g/mol. The molecule has 0 saturated carbocycles. The standard InChI is InChI=1S/C21H20ClN3O3/c1-21(2)11-15(10-19(26)25-21)24-20(27)13-7-8-18(16(22)9-13)28-17-6-4-3-5-14(17)12-23/h3-9,15H,10-11H2,1-2H3,(H,24,27)(H,25,26). The van der Waals surface area contributed by atoms with Crippen LogP contribution in [0.5, 0.6) is 11.5 Å². The summed E-state index contributed by atoms with van der Waals surface area (Å²) in [7, 11) is 0. The first-order chi connectivity index (χ1) is 13.3. The molecule has 144 valence electrons. The van der Waals surface area contributed by atoms with Gasteiger partial charge in [0.25, 0.3) is 5.91 Å². The Morgan fingerprint density at radius 2 is 2.04 bits per heavy atom. The van der Waals surface area contributed by atoms with Crippen molar-refractivity contribution >= 4 is 23.4 Å². The minimum atomic E-state index is -0.364. The maximum absolute atomic E-state index is 12.6. The van der Waals surface area contributed by atoms with Crippen LogP contribution in [0.1, 0.15) is 42.6 Å². The molecule has 2 aromatic carbocycles. The third kappa shape index (κ3) is 4.62. The Hall–Kier alpha value is -3.04. The lowest BCUT2D eigenvalue weighted by Gasteiger charge is -2.36. The fourth-order valence-corrected chi connectivity index (χ4v) is 3.47. The molecule has 7 heteroatoms. The molecule has 6 nitrogen and oxygen atoms in total. The number of benzene rings is 2. The summed E-state index contributed by atoms with van der Waals surface area (Å²) >= 11 is 6.28. The van der Waals surface area contributed by atoms with Crippen molar-refractivity contribution in [3.63, 3.8) is 0 Å². The van der Waals surface area contributed by atoms with Gasteiger partial charge in [0, 0.05) is 23.6 Å². The molecule has 2 N–H and O–H groups in total. The van der Waals surface area contributed by atoms with Crippen molar-refractivity contribution in [2.45, 2.75) is 38.3 Å². The number of rotatable bonds is 4. The van der Waals surface area contributed by atoms with Crippen molar-refractivity contribution in [3.8, 4) is 17.6 Å². The summed E-state index contributed by atoms with van der Waals surface area (Å²) in [6.07, 6.45) is 0.888. The molecule has 0 bridgehead atoms. The van der Waals surface area contributed by atoms with E-state index in [0.29, 0.717) is 29.0 Å². The lowest BCUT2D eigenvalue weighted by molar-refractivity contribution is -0.125. The van der Waals surface area contributed by atoms with Crippen molar-refractivity contribution in [2.75, 3.05) is 0 Å². The number of nitriles is 1. The van der Waals surface area contributed by atoms with Gasteiger partial charge in [-0.15, -0.1) is 0 Å². The SMILES string of the molecule is CC1(C)CC(NC(=O)c2ccc(Oc3ccccc3C#N)c(Cl)c2)CC(=O)N1. The lowest BCUT2D eigenvalue weighted by atomic mass is 9.89. The highest BCUT2D eigenvalue weighted by Gasteiger charge is 2.33. The second-order valence-corrected chi connectivity index (χ2v) is 7.77. The first-order valence-electron chi connectivity index (χ1n) is 8.86. The molecular formula is C21H20ClN3O3. The molecule has 3 rings (SSSR count). The Morgan fingerprint density at radius 3 is 2.71 bits per heavy atom. The van der Waals surface area contributed by atoms with Crippen LogP contribution < -0.4 is 15.4 Å². The van der Waals surface area contributed by atoms with Crippen LogP contribution in [0.2, 0.25) is 5.02 Å². The van der Waals surface area contributed by atoms with Crippen LogP contribution >= 0.6 is 11.6 Å². The molecule has 2 amide bonds. The molecule has 1 saturated heterocycles. The number of amides is 2. The highest BCUT2D eigenvalue weighted by molar-refractivity contribution is 6.32. The van der Waals surface area contributed by atoms with Crippen LogP contribution in [-0.2, 0) is 4.79 Å². The van der Waals surface area contributed by atoms with Gasteiger partial charge in [-0.1, -0.05) is 23.7 Å². The van der Waals surface area contributed by atoms with Crippen molar-refractivity contribution in [1.29, 1.82) is 5.26 Å². The predicted octanol–water partition coefficient (Wildman–Crippen LogP) is 3.79. The summed E-state index contributed by atoms with van der Waals surface area (Å²) in [5.74, 6) is 0.347. The number of carbonyl (C=O) groups excluding carboxylic acids is 2. The van der Waals surface area contributed by atoms with E-state index in [1.165, 1.54) is 6.07 Å². The number of piperidine rings is 1. The molecule has 1 atom stereocenters. The van der Waals surface area contributed by atoms with Crippen LogP contribution in [-0.4, -0.2) is 23.4 Å². The Labute approximate surface area is 168 Å². The van der Waals surface area contributed by atoms with Crippen molar-refractivity contribution < 1.29 is 14.3 Å². The topological polar surface area (TPSA) is 91.2 Å². The molecule has 0 spiro atoms. The van der Waals surface area contributed by atoms with Crippen LogP contribution in [0.15, 0.2) is 42.5 Å². The molecule has 0 aliphatic carbocycles. The first-order valence-corrected chi connectivity index (χ1v) is 9.23. The Kier molecular flexibility index (Phi) is 5.57. The average Bonchev–Trinajstić information content (AvgIpc) is 2.62. The zero-order valence-corrected chi connectivity index (χ0v) is 16.3. The van der Waals surface area contributed by atoms with Crippen LogP contribution in [0.4, 0.5) is 0 Å². The van der Waals surface area contributed by atoms with Gasteiger partial charge in [0.1, 0.15) is 17.6 Å². The molecule has 1 heterocycles. The Bertz CT molecular complexity index is 966. The van der Waals surface area contributed by atoms with Gasteiger partial charge in [0.05, 0.1) is 10.6 Å². The third-order valence-electron chi connectivity index (χ3n) is 4.42. The fourth-order valence-electron chi connectivity index (χ4n) is 3.25. The number of hydrogen-bond acceptors (Lipinski definition) is 4. The van der Waals surface area contributed by atoms with Crippen LogP contribution in [0.25, 0.3) is 0 Å². The first kappa shape index (κ1) is 19.7. The second-order valence-electron chi connectivity index (χ2n) is 7.37. The summed E-state index contributed by atoms with van der Waals surface area (Å²) < 4.78 is 5.72. The second kappa shape index (κ2) is 7.91. The number of nitrogens with zero attached hydrogens (tertiary/aromatic N) is 1. The fraction of sp³-hybridized carbons (Fsp3) is 0.286. The van der Waals surface area contributed by atoms with Gasteiger partial charge < -0.3 is 15.4 Å². The monoisotopic (exact) mass is 397 g/mol. The van der Waals surface area contributed by atoms with E-state index in [-0.39, 0.29) is 34.8 Å². The zero-order valence-electron chi connectivity index (χ0n) is 15.6. The quantitative estimate of drug-likeness (QED) is 0.821. The molecule has 0 radical (unpaired) electrons. The maximum Gasteiger partial charge on any atom is 0.251 e. The van der Waals surface area contributed by atoms with Gasteiger partial charge in [0.2, 0.25) is 5.91 Å². The van der Waals surface area contributed by atoms with Gasteiger partial charge in [-0.25, -0.2) is 0 Å². The van der Waals surface area contributed by atoms with Crippen molar-refractivity contribution in [1.82, 2.24) is 10.6 Å². The van der Waals surface area contributed by atoms with Crippen LogP contribution in [0.3, 0.4) is 0 Å². The van der Waals surface area contributed by atoms with Crippen molar-refractivity contribution in [2.24, 2.45) is 0 Å². The van der Waals surface area contributed by atoms with E-state index in [4.69, 9.17) is 21.6 Å². The number of carbonyl (C=O) groups is 2. The largest absolute Gasteiger partial charge is 0.454 e. The highest BCUT2D eigenvalue weighted by atomic mass is 35.5. The number of halogens is 1. The van der Waals surface area contributed by atoms with Gasteiger partial charge >= 0.3 is 0 Å². The minimum Gasteiger partial charge on any atom is -0.454 e. The number of hydrogen-bond donors (Lipinski definition) is 2. The van der Waals surface area contributed by atoms with E-state index in [1.807, 2.05) is 13.8 Å². The summed E-state index contributed by atoms with van der Waals surface area (Å²) in [6, 6.07) is 13.3. The van der Waals surface area contributed by atoms with E-state index < -0.39 is 0 Å². The van der Waals surface area contributed by atoms with Gasteiger partial charge in [0.15, 0.2) is 0 Å². The Morgan fingerprint density at radius 1 is 1.29 bits per heavy atom. The predicted molar refractivity (Wildman–Crippen MR) is 105 cm³/mol. The normalized spacial score (nSPS) is 17.9. The van der Waals surface area contributed by atoms with Gasteiger partial charge in [-0.05, 0) is 50.6 Å². The van der Waals surface area contributed by atoms with E-state index in [2.05, 4.69) is 16.7 Å². The van der Waals surface area contributed by atoms with Gasteiger partial charge in [-0.3, -0.25) is 9.59 Å². The minimum absolute atomic E-state index is 0.0838. The van der Waals surface area contributed by atoms with E-state index >= 15 is 0 Å². The smallest absolute Gasteiger partial charge is 0.251 e.